The number of hydrogen-bond acceptors (Lipinski definition) is 4. The Labute approximate surface area is 162 Å². The third-order valence-electron chi connectivity index (χ3n) is 5.34. The van der Waals surface area contributed by atoms with Crippen molar-refractivity contribution >= 4 is 15.9 Å². The summed E-state index contributed by atoms with van der Waals surface area (Å²) in [7, 11) is -3.16. The van der Waals surface area contributed by atoms with Gasteiger partial charge in [0.25, 0.3) is 0 Å². The number of nitrogens with zero attached hydrogens (tertiary/aromatic N) is 2. The van der Waals surface area contributed by atoms with Crippen molar-refractivity contribution in [3.05, 3.63) is 35.9 Å². The van der Waals surface area contributed by atoms with E-state index in [0.29, 0.717) is 52.0 Å². The molecular weight excluding hydrogens is 364 g/mol. The first-order valence-corrected chi connectivity index (χ1v) is 11.6. The number of carbonyl (C=O) groups is 1. The van der Waals surface area contributed by atoms with Gasteiger partial charge >= 0.3 is 0 Å². The molecular formula is C20H30N2O4S. The Morgan fingerprint density at radius 3 is 2.52 bits per heavy atom. The van der Waals surface area contributed by atoms with Crippen molar-refractivity contribution in [2.45, 2.75) is 44.6 Å². The number of benzene rings is 1. The highest BCUT2D eigenvalue weighted by Gasteiger charge is 2.26. The normalized spacial score (nSPS) is 21.9. The summed E-state index contributed by atoms with van der Waals surface area (Å²) in [5.74, 6) is 0.241. The van der Waals surface area contributed by atoms with E-state index in [4.69, 9.17) is 4.74 Å². The number of piperidine rings is 1. The van der Waals surface area contributed by atoms with Crippen LogP contribution < -0.4 is 0 Å². The summed E-state index contributed by atoms with van der Waals surface area (Å²) in [6.07, 6.45) is 4.50. The number of morpholine rings is 1. The Morgan fingerprint density at radius 1 is 1.04 bits per heavy atom. The lowest BCUT2D eigenvalue weighted by molar-refractivity contribution is -0.139. The van der Waals surface area contributed by atoms with E-state index in [9.17, 15) is 13.2 Å². The van der Waals surface area contributed by atoms with Crippen LogP contribution in [0.25, 0.3) is 0 Å². The zero-order valence-electron chi connectivity index (χ0n) is 15.9. The highest BCUT2D eigenvalue weighted by Crippen LogP contribution is 2.22. The monoisotopic (exact) mass is 394 g/mol. The lowest BCUT2D eigenvalue weighted by Gasteiger charge is -2.33. The molecule has 2 heterocycles. The molecule has 2 aliphatic rings. The average molecular weight is 395 g/mol. The molecule has 0 radical (unpaired) electrons. The van der Waals surface area contributed by atoms with Crippen molar-refractivity contribution in [2.75, 3.05) is 38.5 Å². The van der Waals surface area contributed by atoms with Crippen LogP contribution in [0.15, 0.2) is 30.3 Å². The SMILES string of the molecule is O=C(CCCCS(=O)(=O)N1CCCCC1)N1CCOC(c2ccccc2)C1. The second-order valence-electron chi connectivity index (χ2n) is 7.34. The smallest absolute Gasteiger partial charge is 0.222 e. The van der Waals surface area contributed by atoms with E-state index in [0.717, 1.165) is 24.8 Å². The predicted molar refractivity (Wildman–Crippen MR) is 105 cm³/mol. The fourth-order valence-corrected chi connectivity index (χ4v) is 5.38. The first-order chi connectivity index (χ1) is 13.1. The van der Waals surface area contributed by atoms with Crippen molar-refractivity contribution in [1.82, 2.24) is 9.21 Å². The van der Waals surface area contributed by atoms with Crippen LogP contribution in [0.4, 0.5) is 0 Å². The minimum absolute atomic E-state index is 0.0802. The van der Waals surface area contributed by atoms with Crippen molar-refractivity contribution < 1.29 is 17.9 Å². The van der Waals surface area contributed by atoms with E-state index in [-0.39, 0.29) is 17.8 Å². The topological polar surface area (TPSA) is 66.9 Å². The molecule has 1 unspecified atom stereocenters. The molecule has 0 aliphatic carbocycles. The van der Waals surface area contributed by atoms with Crippen LogP contribution in [0.3, 0.4) is 0 Å². The van der Waals surface area contributed by atoms with E-state index in [2.05, 4.69) is 0 Å². The quantitative estimate of drug-likeness (QED) is 0.667. The maximum absolute atomic E-state index is 12.5. The number of unbranched alkanes of at least 4 members (excludes halogenated alkanes) is 1. The Balaban J connectivity index is 1.41. The molecule has 2 fully saturated rings. The average Bonchev–Trinajstić information content (AvgIpc) is 2.72. The Hall–Kier alpha value is -1.44. The summed E-state index contributed by atoms with van der Waals surface area (Å²) < 4.78 is 32.1. The van der Waals surface area contributed by atoms with Crippen molar-refractivity contribution in [3.8, 4) is 0 Å². The molecule has 0 aromatic heterocycles. The second kappa shape index (κ2) is 9.66. The maximum atomic E-state index is 12.5. The van der Waals surface area contributed by atoms with Crippen LogP contribution in [0, 0.1) is 0 Å². The molecule has 1 amide bonds. The third kappa shape index (κ3) is 5.77. The van der Waals surface area contributed by atoms with Crippen LogP contribution in [0.1, 0.15) is 50.2 Å². The summed E-state index contributed by atoms with van der Waals surface area (Å²) in [5.41, 5.74) is 1.09. The zero-order chi connectivity index (χ0) is 19.1. The molecule has 3 rings (SSSR count). The molecule has 7 heteroatoms. The fraction of sp³-hybridized carbons (Fsp3) is 0.650. The zero-order valence-corrected chi connectivity index (χ0v) is 16.7. The van der Waals surface area contributed by atoms with Crippen LogP contribution in [-0.2, 0) is 19.6 Å². The van der Waals surface area contributed by atoms with E-state index in [1.54, 1.807) is 4.31 Å². The highest BCUT2D eigenvalue weighted by atomic mass is 32.2. The minimum atomic E-state index is -3.16. The molecule has 1 aromatic carbocycles. The van der Waals surface area contributed by atoms with Crippen molar-refractivity contribution in [2.24, 2.45) is 0 Å². The summed E-state index contributed by atoms with van der Waals surface area (Å²) in [4.78, 5) is 14.4. The molecule has 1 aromatic rings. The Bertz CT molecular complexity index is 702. The second-order valence-corrected chi connectivity index (χ2v) is 9.43. The van der Waals surface area contributed by atoms with Gasteiger partial charge in [0, 0.05) is 26.1 Å². The Morgan fingerprint density at radius 2 is 1.78 bits per heavy atom. The van der Waals surface area contributed by atoms with Gasteiger partial charge in [-0.1, -0.05) is 36.8 Å². The summed E-state index contributed by atoms with van der Waals surface area (Å²) in [5, 5.41) is 0. The van der Waals surface area contributed by atoms with E-state index < -0.39 is 10.0 Å². The van der Waals surface area contributed by atoms with Crippen LogP contribution in [0.2, 0.25) is 0 Å². The van der Waals surface area contributed by atoms with Gasteiger partial charge in [-0.25, -0.2) is 12.7 Å². The number of carbonyl (C=O) groups excluding carboxylic acids is 1. The van der Waals surface area contributed by atoms with Gasteiger partial charge in [-0.05, 0) is 31.2 Å². The van der Waals surface area contributed by atoms with E-state index >= 15 is 0 Å². The Kier molecular flexibility index (Phi) is 7.26. The molecule has 150 valence electrons. The first kappa shape index (κ1) is 20.3. The van der Waals surface area contributed by atoms with Crippen molar-refractivity contribution in [3.63, 3.8) is 0 Å². The van der Waals surface area contributed by atoms with Gasteiger partial charge in [0.05, 0.1) is 18.9 Å². The van der Waals surface area contributed by atoms with Gasteiger partial charge in [0.15, 0.2) is 0 Å². The number of hydrogen-bond donors (Lipinski definition) is 0. The summed E-state index contributed by atoms with van der Waals surface area (Å²) in [6.45, 7) is 3.00. The molecule has 27 heavy (non-hydrogen) atoms. The largest absolute Gasteiger partial charge is 0.370 e. The number of amides is 1. The van der Waals surface area contributed by atoms with E-state index in [1.165, 1.54) is 0 Å². The molecule has 6 nitrogen and oxygen atoms in total. The van der Waals surface area contributed by atoms with E-state index in [1.807, 2.05) is 35.2 Å². The summed E-state index contributed by atoms with van der Waals surface area (Å²) >= 11 is 0. The van der Waals surface area contributed by atoms with Gasteiger partial charge in [0.2, 0.25) is 15.9 Å². The highest BCUT2D eigenvalue weighted by molar-refractivity contribution is 7.89. The van der Waals surface area contributed by atoms with Gasteiger partial charge in [-0.2, -0.15) is 0 Å². The third-order valence-corrected chi connectivity index (χ3v) is 7.30. The predicted octanol–water partition coefficient (Wildman–Crippen LogP) is 2.57. The van der Waals surface area contributed by atoms with Crippen molar-refractivity contribution in [1.29, 1.82) is 0 Å². The van der Waals surface area contributed by atoms with Gasteiger partial charge < -0.3 is 9.64 Å². The lowest BCUT2D eigenvalue weighted by Crippen LogP contribution is -2.42. The first-order valence-electron chi connectivity index (χ1n) is 9.98. The molecule has 2 aliphatic heterocycles. The standard InChI is InChI=1S/C20H30N2O4S/c23-20(11-5-8-16-27(24,25)22-12-6-2-7-13-22)21-14-15-26-19(17-21)18-9-3-1-4-10-18/h1,3-4,9-10,19H,2,5-8,11-17H2. The molecule has 2 saturated heterocycles. The number of ether oxygens (including phenoxy) is 1. The molecule has 1 atom stereocenters. The molecule has 0 bridgehead atoms. The molecule has 0 N–H and O–H groups in total. The van der Waals surface area contributed by atoms with Crippen LogP contribution >= 0.6 is 0 Å². The summed E-state index contributed by atoms with van der Waals surface area (Å²) in [6, 6.07) is 9.95. The maximum Gasteiger partial charge on any atom is 0.222 e. The molecule has 0 spiro atoms. The van der Waals surface area contributed by atoms with Gasteiger partial charge in [0.1, 0.15) is 6.10 Å². The number of rotatable bonds is 7. The minimum Gasteiger partial charge on any atom is -0.370 e. The fourth-order valence-electron chi connectivity index (χ4n) is 3.74. The lowest BCUT2D eigenvalue weighted by atomic mass is 10.1. The van der Waals surface area contributed by atoms with Crippen LogP contribution in [0.5, 0.6) is 0 Å². The molecule has 0 saturated carbocycles. The number of sulfonamides is 1. The van der Waals surface area contributed by atoms with Gasteiger partial charge in [-0.3, -0.25) is 4.79 Å². The van der Waals surface area contributed by atoms with Gasteiger partial charge in [-0.15, -0.1) is 0 Å². The van der Waals surface area contributed by atoms with Crippen LogP contribution in [-0.4, -0.2) is 62.1 Å².